The van der Waals surface area contributed by atoms with Crippen molar-refractivity contribution in [2.24, 2.45) is 0 Å². The molecule has 3 heterocycles. The number of hydrogen-bond donors (Lipinski definition) is 2. The summed E-state index contributed by atoms with van der Waals surface area (Å²) >= 11 is 0. The van der Waals surface area contributed by atoms with Gasteiger partial charge < -0.3 is 10.2 Å². The van der Waals surface area contributed by atoms with Gasteiger partial charge in [0.05, 0.1) is 6.54 Å². The van der Waals surface area contributed by atoms with Gasteiger partial charge in [-0.2, -0.15) is 0 Å². The van der Waals surface area contributed by atoms with E-state index < -0.39 is 11.6 Å². The molecule has 7 heteroatoms. The number of carbonyl (C=O) groups is 2. The van der Waals surface area contributed by atoms with Gasteiger partial charge in [-0.15, -0.1) is 0 Å². The quantitative estimate of drug-likeness (QED) is 0.749. The lowest BCUT2D eigenvalue weighted by Gasteiger charge is -2.21. The van der Waals surface area contributed by atoms with Crippen LogP contribution in [0.2, 0.25) is 0 Å². The topological polar surface area (TPSA) is 87.2 Å². The minimum atomic E-state index is -0.790. The maximum absolute atomic E-state index is 11.9. The molecule has 1 aromatic rings. The minimum absolute atomic E-state index is 0.235. The highest BCUT2D eigenvalue weighted by Gasteiger charge is 2.51. The van der Waals surface area contributed by atoms with E-state index in [1.165, 1.54) is 12.8 Å². The summed E-state index contributed by atoms with van der Waals surface area (Å²) in [5.74, 6) is 1.18. The molecule has 2 aliphatic heterocycles. The first-order valence-corrected chi connectivity index (χ1v) is 6.87. The van der Waals surface area contributed by atoms with Crippen LogP contribution in [-0.4, -0.2) is 40.5 Å². The summed E-state index contributed by atoms with van der Waals surface area (Å²) in [7, 11) is 0. The fraction of sp³-hybridized carbons (Fsp3) is 0.538. The molecule has 1 unspecified atom stereocenters. The summed E-state index contributed by atoms with van der Waals surface area (Å²) in [5.41, 5.74) is 0.290. The molecule has 20 heavy (non-hydrogen) atoms. The molecule has 3 amide bonds. The van der Waals surface area contributed by atoms with E-state index in [0.29, 0.717) is 25.4 Å². The molecule has 4 rings (SSSR count). The number of nitrogens with zero attached hydrogens (tertiary/aromatic N) is 3. The maximum Gasteiger partial charge on any atom is 0.322 e. The Morgan fingerprint density at radius 3 is 2.85 bits per heavy atom. The molecule has 7 nitrogen and oxygen atoms in total. The third-order valence-corrected chi connectivity index (χ3v) is 4.28. The van der Waals surface area contributed by atoms with Gasteiger partial charge in [0.2, 0.25) is 0 Å². The van der Waals surface area contributed by atoms with Crippen LogP contribution in [0, 0.1) is 0 Å². The number of aromatic nitrogens is 2. The molecule has 2 N–H and O–H groups in total. The molecule has 1 aliphatic carbocycles. The molecule has 3 fully saturated rings. The van der Waals surface area contributed by atoms with Crippen molar-refractivity contribution in [3.63, 3.8) is 0 Å². The fourth-order valence-electron chi connectivity index (χ4n) is 2.96. The van der Waals surface area contributed by atoms with Crippen LogP contribution >= 0.6 is 0 Å². The molecule has 0 bridgehead atoms. The number of imide groups is 1. The fourth-order valence-corrected chi connectivity index (χ4v) is 2.96. The molecule has 0 aromatic carbocycles. The van der Waals surface area contributed by atoms with Gasteiger partial charge in [0.1, 0.15) is 17.7 Å². The summed E-state index contributed by atoms with van der Waals surface area (Å²) in [6, 6.07) is 1.60. The third-order valence-electron chi connectivity index (χ3n) is 4.28. The van der Waals surface area contributed by atoms with Crippen molar-refractivity contribution >= 4 is 17.8 Å². The zero-order chi connectivity index (χ0) is 13.7. The number of rotatable bonds is 2. The van der Waals surface area contributed by atoms with Gasteiger partial charge in [-0.25, -0.2) is 14.8 Å². The largest absolute Gasteiger partial charge is 0.354 e. The zero-order valence-corrected chi connectivity index (χ0v) is 10.9. The van der Waals surface area contributed by atoms with Crippen molar-refractivity contribution in [1.29, 1.82) is 0 Å². The average molecular weight is 273 g/mol. The number of urea groups is 1. The van der Waals surface area contributed by atoms with Gasteiger partial charge in [-0.1, -0.05) is 0 Å². The van der Waals surface area contributed by atoms with Crippen molar-refractivity contribution < 1.29 is 9.59 Å². The second-order valence-corrected chi connectivity index (χ2v) is 5.74. The second kappa shape index (κ2) is 3.91. The summed E-state index contributed by atoms with van der Waals surface area (Å²) in [4.78, 5) is 33.9. The van der Waals surface area contributed by atoms with Crippen LogP contribution in [0.4, 0.5) is 10.6 Å². The number of carbonyl (C=O) groups excluding carboxylic acids is 2. The number of hydrogen-bond acceptors (Lipinski definition) is 5. The molecule has 2 saturated heterocycles. The van der Waals surface area contributed by atoms with Crippen LogP contribution in [0.3, 0.4) is 0 Å². The van der Waals surface area contributed by atoms with Crippen LogP contribution < -0.4 is 15.5 Å². The molecule has 1 spiro atoms. The Balaban J connectivity index is 1.57. The Bertz CT molecular complexity index is 600. The van der Waals surface area contributed by atoms with Gasteiger partial charge in [0.25, 0.3) is 5.91 Å². The normalized spacial score (nSPS) is 28.9. The Hall–Kier alpha value is -2.18. The SMILES string of the molecule is O=C1NC(=O)C2(CCN(c3cc(C4CC4)ncn3)C2)N1. The molecular formula is C13H15N5O2. The minimum Gasteiger partial charge on any atom is -0.354 e. The highest BCUT2D eigenvalue weighted by molar-refractivity contribution is 6.07. The third kappa shape index (κ3) is 1.73. The number of nitrogens with one attached hydrogen (secondary N) is 2. The van der Waals surface area contributed by atoms with E-state index in [9.17, 15) is 9.59 Å². The maximum atomic E-state index is 11.9. The van der Waals surface area contributed by atoms with Crippen molar-refractivity contribution in [3.8, 4) is 0 Å². The van der Waals surface area contributed by atoms with Gasteiger partial charge in [-0.3, -0.25) is 10.1 Å². The molecular weight excluding hydrogens is 258 g/mol. The summed E-state index contributed by atoms with van der Waals surface area (Å²) < 4.78 is 0. The lowest BCUT2D eigenvalue weighted by atomic mass is 10.00. The Kier molecular flexibility index (Phi) is 2.27. The Morgan fingerprint density at radius 2 is 2.15 bits per heavy atom. The lowest BCUT2D eigenvalue weighted by molar-refractivity contribution is -0.123. The summed E-state index contributed by atoms with van der Waals surface area (Å²) in [6.07, 6.45) is 4.58. The monoisotopic (exact) mass is 273 g/mol. The molecule has 1 saturated carbocycles. The van der Waals surface area contributed by atoms with E-state index in [1.54, 1.807) is 6.33 Å². The number of anilines is 1. The Labute approximate surface area is 115 Å². The molecule has 1 aromatic heterocycles. The molecule has 0 radical (unpaired) electrons. The highest BCUT2D eigenvalue weighted by Crippen LogP contribution is 2.40. The first-order chi connectivity index (χ1) is 9.66. The second-order valence-electron chi connectivity index (χ2n) is 5.74. The molecule has 104 valence electrons. The summed E-state index contributed by atoms with van der Waals surface area (Å²) in [6.45, 7) is 1.17. The van der Waals surface area contributed by atoms with Crippen molar-refractivity contribution in [2.75, 3.05) is 18.0 Å². The predicted octanol–water partition coefficient (Wildman–Crippen LogP) is 0.142. The van der Waals surface area contributed by atoms with Crippen LogP contribution in [-0.2, 0) is 4.79 Å². The van der Waals surface area contributed by atoms with Crippen molar-refractivity contribution in [3.05, 3.63) is 18.1 Å². The van der Waals surface area contributed by atoms with Crippen LogP contribution in [0.15, 0.2) is 12.4 Å². The van der Waals surface area contributed by atoms with Gasteiger partial charge in [0.15, 0.2) is 0 Å². The van der Waals surface area contributed by atoms with Crippen LogP contribution in [0.25, 0.3) is 0 Å². The van der Waals surface area contributed by atoms with Crippen LogP contribution in [0.1, 0.15) is 30.9 Å². The van der Waals surface area contributed by atoms with Crippen molar-refractivity contribution in [1.82, 2.24) is 20.6 Å². The van der Waals surface area contributed by atoms with Crippen LogP contribution in [0.5, 0.6) is 0 Å². The summed E-state index contributed by atoms with van der Waals surface area (Å²) in [5, 5.41) is 5.06. The van der Waals surface area contributed by atoms with E-state index in [2.05, 4.69) is 20.6 Å². The van der Waals surface area contributed by atoms with E-state index in [1.807, 2.05) is 11.0 Å². The zero-order valence-electron chi connectivity index (χ0n) is 10.9. The standard InChI is InChI=1S/C13H15N5O2/c19-11-13(17-12(20)16-11)3-4-18(6-13)10-5-9(8-1-2-8)14-7-15-10/h5,7-8H,1-4,6H2,(H2,16,17,19,20). The van der Waals surface area contributed by atoms with Gasteiger partial charge >= 0.3 is 6.03 Å². The highest BCUT2D eigenvalue weighted by atomic mass is 16.2. The first-order valence-electron chi connectivity index (χ1n) is 6.87. The molecule has 3 aliphatic rings. The van der Waals surface area contributed by atoms with Crippen molar-refractivity contribution in [2.45, 2.75) is 30.7 Å². The smallest absolute Gasteiger partial charge is 0.322 e. The molecule has 1 atom stereocenters. The number of amides is 3. The van der Waals surface area contributed by atoms with Gasteiger partial charge in [0, 0.05) is 24.2 Å². The average Bonchev–Trinajstić information content (AvgIpc) is 3.14. The van der Waals surface area contributed by atoms with Gasteiger partial charge in [-0.05, 0) is 19.3 Å². The van der Waals surface area contributed by atoms with E-state index >= 15 is 0 Å². The lowest BCUT2D eigenvalue weighted by Crippen LogP contribution is -2.49. The van der Waals surface area contributed by atoms with E-state index in [-0.39, 0.29) is 5.91 Å². The first kappa shape index (κ1) is 11.6. The predicted molar refractivity (Wildman–Crippen MR) is 70.2 cm³/mol. The van der Waals surface area contributed by atoms with E-state index in [0.717, 1.165) is 11.5 Å². The Morgan fingerprint density at radius 1 is 1.30 bits per heavy atom. The van der Waals surface area contributed by atoms with E-state index in [4.69, 9.17) is 0 Å².